The Balaban J connectivity index is 1.80. The first-order valence-corrected chi connectivity index (χ1v) is 5.20. The highest BCUT2D eigenvalue weighted by Gasteiger charge is 2.24. The van der Waals surface area contributed by atoms with Gasteiger partial charge in [0.05, 0.1) is 5.84 Å². The number of benzene rings is 1. The summed E-state index contributed by atoms with van der Waals surface area (Å²) in [6.07, 6.45) is 3.47. The maximum Gasteiger partial charge on any atom is 0.0968 e. The first-order chi connectivity index (χ1) is 6.86. The second kappa shape index (κ2) is 4.27. The molecule has 2 rings (SSSR count). The van der Waals surface area contributed by atoms with Crippen LogP contribution in [0.5, 0.6) is 0 Å². The van der Waals surface area contributed by atoms with Gasteiger partial charge in [-0.15, -0.1) is 0 Å². The van der Waals surface area contributed by atoms with Crippen LogP contribution in [-0.4, -0.2) is 12.4 Å². The van der Waals surface area contributed by atoms with Gasteiger partial charge in [0.15, 0.2) is 0 Å². The van der Waals surface area contributed by atoms with Crippen LogP contribution in [0.15, 0.2) is 35.3 Å². The summed E-state index contributed by atoms with van der Waals surface area (Å²) in [5.41, 5.74) is 7.13. The van der Waals surface area contributed by atoms with Crippen LogP contribution >= 0.6 is 0 Å². The molecule has 1 aromatic rings. The number of amidine groups is 1. The first kappa shape index (κ1) is 9.25. The fraction of sp³-hybridized carbons (Fsp3) is 0.417. The fourth-order valence-electron chi connectivity index (χ4n) is 1.47. The standard InChI is InChI=1S/C12H16N2/c13-12(11-6-7-11)14-9-8-10-4-2-1-3-5-10/h1-5,11H,6-9H2,(H2,13,14). The molecule has 2 N–H and O–H groups in total. The van der Waals surface area contributed by atoms with Crippen molar-refractivity contribution >= 4 is 5.84 Å². The summed E-state index contributed by atoms with van der Waals surface area (Å²) in [7, 11) is 0. The Morgan fingerprint density at radius 3 is 2.64 bits per heavy atom. The van der Waals surface area contributed by atoms with Crippen LogP contribution < -0.4 is 5.73 Å². The van der Waals surface area contributed by atoms with Crippen LogP contribution in [0.25, 0.3) is 0 Å². The SMILES string of the molecule is NC(=NCCc1ccccc1)C1CC1. The third kappa shape index (κ3) is 2.59. The molecule has 0 unspecified atom stereocenters. The van der Waals surface area contributed by atoms with Crippen molar-refractivity contribution in [3.8, 4) is 0 Å². The fourth-order valence-corrected chi connectivity index (χ4v) is 1.47. The van der Waals surface area contributed by atoms with E-state index < -0.39 is 0 Å². The van der Waals surface area contributed by atoms with E-state index >= 15 is 0 Å². The molecule has 1 aliphatic carbocycles. The Morgan fingerprint density at radius 1 is 1.29 bits per heavy atom. The van der Waals surface area contributed by atoms with Gasteiger partial charge >= 0.3 is 0 Å². The van der Waals surface area contributed by atoms with Gasteiger partial charge in [0, 0.05) is 12.5 Å². The molecule has 2 heteroatoms. The lowest BCUT2D eigenvalue weighted by Crippen LogP contribution is -2.14. The van der Waals surface area contributed by atoms with E-state index in [1.807, 2.05) is 6.07 Å². The summed E-state index contributed by atoms with van der Waals surface area (Å²) < 4.78 is 0. The van der Waals surface area contributed by atoms with Crippen LogP contribution in [0.1, 0.15) is 18.4 Å². The molecule has 0 aliphatic heterocycles. The van der Waals surface area contributed by atoms with Crippen molar-refractivity contribution < 1.29 is 0 Å². The van der Waals surface area contributed by atoms with Crippen LogP contribution in [0.3, 0.4) is 0 Å². The van der Waals surface area contributed by atoms with Crippen LogP contribution in [0.2, 0.25) is 0 Å². The number of aliphatic imine (C=N–C) groups is 1. The lowest BCUT2D eigenvalue weighted by molar-refractivity contribution is 0.948. The molecule has 1 fully saturated rings. The number of nitrogens with zero attached hydrogens (tertiary/aromatic N) is 1. The predicted octanol–water partition coefficient (Wildman–Crippen LogP) is 2.00. The molecule has 0 radical (unpaired) electrons. The summed E-state index contributed by atoms with van der Waals surface area (Å²) >= 11 is 0. The molecule has 1 aromatic carbocycles. The van der Waals surface area contributed by atoms with Crippen molar-refractivity contribution in [3.63, 3.8) is 0 Å². The second-order valence-electron chi connectivity index (χ2n) is 3.82. The Bertz CT molecular complexity index is 312. The van der Waals surface area contributed by atoms with Crippen LogP contribution in [0, 0.1) is 5.92 Å². The van der Waals surface area contributed by atoms with Crippen molar-refractivity contribution in [2.24, 2.45) is 16.6 Å². The van der Waals surface area contributed by atoms with Gasteiger partial charge in [0.2, 0.25) is 0 Å². The van der Waals surface area contributed by atoms with Gasteiger partial charge < -0.3 is 5.73 Å². The van der Waals surface area contributed by atoms with E-state index in [1.165, 1.54) is 18.4 Å². The summed E-state index contributed by atoms with van der Waals surface area (Å²) in [5, 5.41) is 0. The monoisotopic (exact) mass is 188 g/mol. The lowest BCUT2D eigenvalue weighted by Gasteiger charge is -1.99. The average Bonchev–Trinajstić information content (AvgIpc) is 3.02. The van der Waals surface area contributed by atoms with Crippen molar-refractivity contribution in [2.45, 2.75) is 19.3 Å². The first-order valence-electron chi connectivity index (χ1n) is 5.20. The van der Waals surface area contributed by atoms with Gasteiger partial charge in [0.1, 0.15) is 0 Å². The largest absolute Gasteiger partial charge is 0.387 e. The quantitative estimate of drug-likeness (QED) is 0.569. The average molecular weight is 188 g/mol. The molecule has 0 saturated heterocycles. The van der Waals surface area contributed by atoms with Crippen LogP contribution in [0.4, 0.5) is 0 Å². The summed E-state index contributed by atoms with van der Waals surface area (Å²) in [4.78, 5) is 4.38. The Labute approximate surface area is 84.9 Å². The topological polar surface area (TPSA) is 38.4 Å². The molecule has 1 saturated carbocycles. The van der Waals surface area contributed by atoms with Gasteiger partial charge in [-0.3, -0.25) is 4.99 Å². The normalized spacial score (nSPS) is 17.0. The molecule has 0 bridgehead atoms. The minimum absolute atomic E-state index is 0.603. The summed E-state index contributed by atoms with van der Waals surface area (Å²) in [6.45, 7) is 0.826. The van der Waals surface area contributed by atoms with Crippen molar-refractivity contribution in [2.75, 3.05) is 6.54 Å². The zero-order valence-electron chi connectivity index (χ0n) is 8.32. The minimum atomic E-state index is 0.603. The van der Waals surface area contributed by atoms with Crippen LogP contribution in [-0.2, 0) is 6.42 Å². The number of hydrogen-bond acceptors (Lipinski definition) is 1. The molecule has 0 spiro atoms. The number of hydrogen-bond donors (Lipinski definition) is 1. The zero-order chi connectivity index (χ0) is 9.80. The second-order valence-corrected chi connectivity index (χ2v) is 3.82. The number of rotatable bonds is 4. The van der Waals surface area contributed by atoms with Gasteiger partial charge in [-0.2, -0.15) is 0 Å². The lowest BCUT2D eigenvalue weighted by atomic mass is 10.1. The molecular formula is C12H16N2. The maximum atomic E-state index is 5.79. The van der Waals surface area contributed by atoms with E-state index in [1.54, 1.807) is 0 Å². The molecule has 14 heavy (non-hydrogen) atoms. The van der Waals surface area contributed by atoms with Gasteiger partial charge in [-0.05, 0) is 24.8 Å². The highest BCUT2D eigenvalue weighted by atomic mass is 14.9. The van der Waals surface area contributed by atoms with E-state index in [2.05, 4.69) is 29.3 Å². The van der Waals surface area contributed by atoms with E-state index in [-0.39, 0.29) is 0 Å². The minimum Gasteiger partial charge on any atom is -0.387 e. The highest BCUT2D eigenvalue weighted by molar-refractivity contribution is 5.84. The molecule has 0 atom stereocenters. The molecule has 0 aromatic heterocycles. The van der Waals surface area contributed by atoms with Gasteiger partial charge in [0.25, 0.3) is 0 Å². The highest BCUT2D eigenvalue weighted by Crippen LogP contribution is 2.28. The summed E-state index contributed by atoms with van der Waals surface area (Å²) in [5.74, 6) is 1.46. The smallest absolute Gasteiger partial charge is 0.0968 e. The molecule has 1 aliphatic rings. The zero-order valence-corrected chi connectivity index (χ0v) is 8.32. The molecule has 74 valence electrons. The van der Waals surface area contributed by atoms with Crippen molar-refractivity contribution in [3.05, 3.63) is 35.9 Å². The third-order valence-electron chi connectivity index (χ3n) is 2.53. The Morgan fingerprint density at radius 2 is 2.00 bits per heavy atom. The van der Waals surface area contributed by atoms with Crippen molar-refractivity contribution in [1.29, 1.82) is 0 Å². The predicted molar refractivity (Wildman–Crippen MR) is 59.4 cm³/mol. The van der Waals surface area contributed by atoms with E-state index in [9.17, 15) is 0 Å². The molecule has 0 heterocycles. The van der Waals surface area contributed by atoms with Gasteiger partial charge in [-0.1, -0.05) is 30.3 Å². The van der Waals surface area contributed by atoms with E-state index in [4.69, 9.17) is 5.73 Å². The van der Waals surface area contributed by atoms with E-state index in [0.717, 1.165) is 18.8 Å². The van der Waals surface area contributed by atoms with E-state index in [0.29, 0.717) is 5.92 Å². The summed E-state index contributed by atoms with van der Waals surface area (Å²) in [6, 6.07) is 10.4. The van der Waals surface area contributed by atoms with Crippen molar-refractivity contribution in [1.82, 2.24) is 0 Å². The third-order valence-corrected chi connectivity index (χ3v) is 2.53. The maximum absolute atomic E-state index is 5.79. The molecular weight excluding hydrogens is 172 g/mol. The van der Waals surface area contributed by atoms with Gasteiger partial charge in [-0.25, -0.2) is 0 Å². The number of nitrogens with two attached hydrogens (primary N) is 1. The Kier molecular flexibility index (Phi) is 2.82. The molecule has 0 amide bonds. The molecule has 2 nitrogen and oxygen atoms in total. The Hall–Kier alpha value is -1.31.